The number of nitrogens with one attached hydrogen (secondary N) is 2. The summed E-state index contributed by atoms with van der Waals surface area (Å²) in [4.78, 5) is 24.2. The van der Waals surface area contributed by atoms with Gasteiger partial charge in [-0.25, -0.2) is 13.6 Å². The molecule has 2 aromatic carbocycles. The van der Waals surface area contributed by atoms with E-state index < -0.39 is 15.9 Å². The molecular formula is C16H14BrN3O4S. The van der Waals surface area contributed by atoms with Crippen LogP contribution in [-0.2, 0) is 16.4 Å². The number of hydrogen-bond acceptors (Lipinski definition) is 4. The first kappa shape index (κ1) is 17.6. The van der Waals surface area contributed by atoms with Gasteiger partial charge in [-0.2, -0.15) is 0 Å². The van der Waals surface area contributed by atoms with E-state index in [1.807, 2.05) is 0 Å². The third-order valence-corrected chi connectivity index (χ3v) is 5.41. The number of amides is 2. The largest absolute Gasteiger partial charge is 0.352 e. The Morgan fingerprint density at radius 1 is 1.20 bits per heavy atom. The van der Waals surface area contributed by atoms with Gasteiger partial charge in [-0.3, -0.25) is 9.59 Å². The number of fused-ring (bicyclic) bond motifs is 1. The lowest BCUT2D eigenvalue weighted by Gasteiger charge is -2.17. The number of hydrogen-bond donors (Lipinski definition) is 3. The van der Waals surface area contributed by atoms with E-state index in [4.69, 9.17) is 5.14 Å². The van der Waals surface area contributed by atoms with Crippen molar-refractivity contribution in [1.82, 2.24) is 5.32 Å². The molecule has 2 aromatic rings. The van der Waals surface area contributed by atoms with Gasteiger partial charge < -0.3 is 10.6 Å². The van der Waals surface area contributed by atoms with Gasteiger partial charge in [-0.05, 0) is 58.2 Å². The van der Waals surface area contributed by atoms with Crippen LogP contribution >= 0.6 is 15.9 Å². The number of sulfonamides is 1. The second-order valence-corrected chi connectivity index (χ2v) is 7.93. The van der Waals surface area contributed by atoms with E-state index >= 15 is 0 Å². The summed E-state index contributed by atoms with van der Waals surface area (Å²) < 4.78 is 23.3. The molecule has 0 fully saturated rings. The summed E-state index contributed by atoms with van der Waals surface area (Å²) in [5, 5.41) is 10.5. The maximum atomic E-state index is 12.5. The number of carbonyl (C=O) groups excluding carboxylic acids is 2. The molecule has 0 spiro atoms. The van der Waals surface area contributed by atoms with Crippen LogP contribution in [0.2, 0.25) is 0 Å². The third kappa shape index (κ3) is 3.73. The van der Waals surface area contributed by atoms with Crippen molar-refractivity contribution < 1.29 is 18.0 Å². The van der Waals surface area contributed by atoms with Crippen LogP contribution in [0.5, 0.6) is 0 Å². The number of halogens is 1. The lowest BCUT2D eigenvalue weighted by Crippen LogP contribution is -2.31. The van der Waals surface area contributed by atoms with E-state index in [9.17, 15) is 18.0 Å². The quantitative estimate of drug-likeness (QED) is 0.694. The molecule has 0 unspecified atom stereocenters. The lowest BCUT2D eigenvalue weighted by atomic mass is 10.00. The molecule has 1 heterocycles. The molecule has 0 aromatic heterocycles. The van der Waals surface area contributed by atoms with Crippen LogP contribution in [0, 0.1) is 0 Å². The minimum Gasteiger partial charge on any atom is -0.352 e. The molecule has 0 aliphatic carbocycles. The average molecular weight is 424 g/mol. The minimum atomic E-state index is -3.92. The molecule has 130 valence electrons. The van der Waals surface area contributed by atoms with Gasteiger partial charge in [-0.15, -0.1) is 0 Å². The summed E-state index contributed by atoms with van der Waals surface area (Å²) in [5.41, 5.74) is 1.99. The van der Waals surface area contributed by atoms with Crippen LogP contribution in [0.15, 0.2) is 45.8 Å². The van der Waals surface area contributed by atoms with Gasteiger partial charge >= 0.3 is 0 Å². The number of carbonyl (C=O) groups is 2. The average Bonchev–Trinajstić information content (AvgIpc) is 2.55. The molecule has 25 heavy (non-hydrogen) atoms. The highest BCUT2D eigenvalue weighted by Crippen LogP contribution is 2.23. The minimum absolute atomic E-state index is 0.119. The van der Waals surface area contributed by atoms with Crippen molar-refractivity contribution in [2.75, 3.05) is 11.9 Å². The molecule has 0 saturated carbocycles. The van der Waals surface area contributed by atoms with Gasteiger partial charge in [0.1, 0.15) is 0 Å². The Morgan fingerprint density at radius 2 is 1.96 bits per heavy atom. The van der Waals surface area contributed by atoms with Crippen LogP contribution in [0.3, 0.4) is 0 Å². The van der Waals surface area contributed by atoms with Gasteiger partial charge in [0, 0.05) is 22.3 Å². The highest BCUT2D eigenvalue weighted by Gasteiger charge is 2.19. The second-order valence-electron chi connectivity index (χ2n) is 5.52. The van der Waals surface area contributed by atoms with Crippen molar-refractivity contribution in [2.24, 2.45) is 5.14 Å². The van der Waals surface area contributed by atoms with Crippen LogP contribution in [0.1, 0.15) is 26.3 Å². The summed E-state index contributed by atoms with van der Waals surface area (Å²) in [6.07, 6.45) is 0.733. The fourth-order valence-corrected chi connectivity index (χ4v) is 3.51. The SMILES string of the molecule is NS(=O)(=O)c1ccc(Br)c(C(=O)Nc2ccc3c(c2)C(=O)NCC3)c1. The molecular weight excluding hydrogens is 410 g/mol. The summed E-state index contributed by atoms with van der Waals surface area (Å²) >= 11 is 3.22. The summed E-state index contributed by atoms with van der Waals surface area (Å²) in [6.45, 7) is 0.588. The van der Waals surface area contributed by atoms with Gasteiger partial charge in [0.05, 0.1) is 10.5 Å². The smallest absolute Gasteiger partial charge is 0.256 e. The van der Waals surface area contributed by atoms with E-state index in [0.717, 1.165) is 12.0 Å². The van der Waals surface area contributed by atoms with Crippen molar-refractivity contribution in [3.05, 3.63) is 57.6 Å². The second kappa shape index (κ2) is 6.58. The standard InChI is InChI=1S/C16H14BrN3O4S/c17-14-4-3-11(25(18,23)24)8-13(14)16(22)20-10-2-1-9-5-6-19-15(21)12(9)7-10/h1-4,7-8H,5-6H2,(H,19,21)(H,20,22)(H2,18,23,24). The zero-order valence-corrected chi connectivity index (χ0v) is 15.3. The molecule has 0 bridgehead atoms. The summed E-state index contributed by atoms with van der Waals surface area (Å²) in [7, 11) is -3.92. The number of nitrogens with two attached hydrogens (primary N) is 1. The fraction of sp³-hybridized carbons (Fsp3) is 0.125. The predicted octanol–water partition coefficient (Wildman–Crippen LogP) is 1.63. The lowest BCUT2D eigenvalue weighted by molar-refractivity contribution is 0.0944. The zero-order chi connectivity index (χ0) is 18.2. The van der Waals surface area contributed by atoms with Gasteiger partial charge in [0.2, 0.25) is 10.0 Å². The first-order valence-electron chi connectivity index (χ1n) is 7.30. The molecule has 1 aliphatic rings. The summed E-state index contributed by atoms with van der Waals surface area (Å²) in [5.74, 6) is -0.705. The topological polar surface area (TPSA) is 118 Å². The molecule has 2 amide bonds. The Labute approximate surface area is 152 Å². The van der Waals surface area contributed by atoms with Crippen molar-refractivity contribution in [3.63, 3.8) is 0 Å². The molecule has 9 heteroatoms. The predicted molar refractivity (Wildman–Crippen MR) is 95.9 cm³/mol. The Kier molecular flexibility index (Phi) is 4.63. The van der Waals surface area contributed by atoms with Gasteiger partial charge in [0.25, 0.3) is 11.8 Å². The number of benzene rings is 2. The van der Waals surface area contributed by atoms with Gasteiger partial charge in [-0.1, -0.05) is 6.07 Å². The molecule has 3 rings (SSSR count). The Morgan fingerprint density at radius 3 is 2.68 bits per heavy atom. The molecule has 0 saturated heterocycles. The normalized spacial score (nSPS) is 13.8. The zero-order valence-electron chi connectivity index (χ0n) is 12.9. The fourth-order valence-electron chi connectivity index (χ4n) is 2.54. The molecule has 1 aliphatic heterocycles. The third-order valence-electron chi connectivity index (χ3n) is 3.80. The molecule has 0 radical (unpaired) electrons. The Bertz CT molecular complexity index is 989. The van der Waals surface area contributed by atoms with Crippen LogP contribution < -0.4 is 15.8 Å². The number of anilines is 1. The van der Waals surface area contributed by atoms with Crippen LogP contribution in [0.25, 0.3) is 0 Å². The molecule has 0 atom stereocenters. The summed E-state index contributed by atoms with van der Waals surface area (Å²) in [6, 6.07) is 9.03. The van der Waals surface area contributed by atoms with Crippen LogP contribution in [-0.4, -0.2) is 26.8 Å². The highest BCUT2D eigenvalue weighted by atomic mass is 79.9. The monoisotopic (exact) mass is 423 g/mol. The highest BCUT2D eigenvalue weighted by molar-refractivity contribution is 9.10. The van der Waals surface area contributed by atoms with Crippen LogP contribution in [0.4, 0.5) is 5.69 Å². The van der Waals surface area contributed by atoms with E-state index in [0.29, 0.717) is 22.3 Å². The number of rotatable bonds is 3. The Hall–Kier alpha value is -2.23. The molecule has 7 nitrogen and oxygen atoms in total. The Balaban J connectivity index is 1.91. The van der Waals surface area contributed by atoms with Crippen molar-refractivity contribution in [3.8, 4) is 0 Å². The van der Waals surface area contributed by atoms with E-state index in [1.165, 1.54) is 18.2 Å². The van der Waals surface area contributed by atoms with Gasteiger partial charge in [0.15, 0.2) is 0 Å². The molecule has 4 N–H and O–H groups in total. The maximum absolute atomic E-state index is 12.5. The van der Waals surface area contributed by atoms with Crippen molar-refractivity contribution >= 4 is 43.5 Å². The van der Waals surface area contributed by atoms with Crippen molar-refractivity contribution in [1.29, 1.82) is 0 Å². The van der Waals surface area contributed by atoms with E-state index in [2.05, 4.69) is 26.6 Å². The number of primary sulfonamides is 1. The van der Waals surface area contributed by atoms with Crippen molar-refractivity contribution in [2.45, 2.75) is 11.3 Å². The van der Waals surface area contributed by atoms with E-state index in [1.54, 1.807) is 18.2 Å². The van der Waals surface area contributed by atoms with E-state index in [-0.39, 0.29) is 16.4 Å². The first-order valence-corrected chi connectivity index (χ1v) is 9.64. The first-order chi connectivity index (χ1) is 11.8. The maximum Gasteiger partial charge on any atom is 0.256 e.